The summed E-state index contributed by atoms with van der Waals surface area (Å²) in [7, 11) is 1.64. The van der Waals surface area contributed by atoms with Crippen LogP contribution >= 0.6 is 23.1 Å². The fraction of sp³-hybridized carbons (Fsp3) is 0.526. The lowest BCUT2D eigenvalue weighted by Crippen LogP contribution is -2.50. The molecule has 8 heteroatoms. The SMILES string of the molecule is COc1cccc(Nc2nnc(S[C@H](C)C(=O)N3[C@H](C)CCC[C@@H]3C)s2)c1. The summed E-state index contributed by atoms with van der Waals surface area (Å²) in [6, 6.07) is 8.27. The summed E-state index contributed by atoms with van der Waals surface area (Å²) in [6.07, 6.45) is 3.37. The van der Waals surface area contributed by atoms with Crippen molar-refractivity contribution in [2.75, 3.05) is 12.4 Å². The van der Waals surface area contributed by atoms with Crippen molar-refractivity contribution in [3.05, 3.63) is 24.3 Å². The number of ether oxygens (including phenoxy) is 1. The van der Waals surface area contributed by atoms with E-state index in [9.17, 15) is 4.79 Å². The molecule has 6 nitrogen and oxygen atoms in total. The smallest absolute Gasteiger partial charge is 0.236 e. The Bertz CT molecular complexity index is 773. The Morgan fingerprint density at radius 3 is 2.78 bits per heavy atom. The van der Waals surface area contributed by atoms with Crippen molar-refractivity contribution in [1.82, 2.24) is 15.1 Å². The largest absolute Gasteiger partial charge is 0.497 e. The highest BCUT2D eigenvalue weighted by Gasteiger charge is 2.32. The van der Waals surface area contributed by atoms with Crippen LogP contribution in [0.2, 0.25) is 0 Å². The molecule has 1 fully saturated rings. The molecule has 1 aromatic heterocycles. The molecule has 0 unspecified atom stereocenters. The van der Waals surface area contributed by atoms with Crippen LogP contribution in [0.1, 0.15) is 40.0 Å². The van der Waals surface area contributed by atoms with Crippen LogP contribution in [-0.4, -0.2) is 45.4 Å². The summed E-state index contributed by atoms with van der Waals surface area (Å²) in [4.78, 5) is 15.0. The number of thioether (sulfide) groups is 1. The highest BCUT2D eigenvalue weighted by Crippen LogP contribution is 2.33. The van der Waals surface area contributed by atoms with Crippen LogP contribution in [0.5, 0.6) is 5.75 Å². The lowest BCUT2D eigenvalue weighted by atomic mass is 9.97. The van der Waals surface area contributed by atoms with E-state index in [4.69, 9.17) is 4.74 Å². The lowest BCUT2D eigenvalue weighted by molar-refractivity contribution is -0.136. The van der Waals surface area contributed by atoms with Gasteiger partial charge in [0.25, 0.3) is 0 Å². The zero-order chi connectivity index (χ0) is 19.4. The molecule has 0 bridgehead atoms. The predicted octanol–water partition coefficient (Wildman–Crippen LogP) is 4.56. The number of likely N-dealkylation sites (tertiary alicyclic amines) is 1. The summed E-state index contributed by atoms with van der Waals surface area (Å²) in [5.74, 6) is 0.973. The summed E-state index contributed by atoms with van der Waals surface area (Å²) in [6.45, 7) is 6.25. The predicted molar refractivity (Wildman–Crippen MR) is 111 cm³/mol. The fourth-order valence-corrected chi connectivity index (χ4v) is 5.37. The molecule has 1 amide bonds. The van der Waals surface area contributed by atoms with E-state index in [0.29, 0.717) is 17.2 Å². The summed E-state index contributed by atoms with van der Waals surface area (Å²) in [5.41, 5.74) is 0.891. The molecule has 1 aromatic carbocycles. The van der Waals surface area contributed by atoms with Gasteiger partial charge < -0.3 is 15.0 Å². The van der Waals surface area contributed by atoms with Crippen molar-refractivity contribution in [3.63, 3.8) is 0 Å². The van der Waals surface area contributed by atoms with E-state index in [1.165, 1.54) is 29.5 Å². The second-order valence-corrected chi connectivity index (χ2v) is 9.43. The molecule has 146 valence electrons. The van der Waals surface area contributed by atoms with Crippen molar-refractivity contribution in [3.8, 4) is 5.75 Å². The van der Waals surface area contributed by atoms with Gasteiger partial charge in [0.05, 0.1) is 12.4 Å². The number of hydrogen-bond donors (Lipinski definition) is 1. The zero-order valence-corrected chi connectivity index (χ0v) is 17.8. The van der Waals surface area contributed by atoms with Gasteiger partial charge in [0.1, 0.15) is 5.75 Å². The quantitative estimate of drug-likeness (QED) is 0.709. The van der Waals surface area contributed by atoms with Crippen molar-refractivity contribution in [2.45, 2.75) is 61.7 Å². The topological polar surface area (TPSA) is 67.3 Å². The van der Waals surface area contributed by atoms with Crippen LogP contribution in [0.4, 0.5) is 10.8 Å². The number of nitrogens with zero attached hydrogens (tertiary/aromatic N) is 3. The molecule has 27 heavy (non-hydrogen) atoms. The normalized spacial score (nSPS) is 21.0. The molecule has 1 N–H and O–H groups in total. The average molecular weight is 407 g/mol. The van der Waals surface area contributed by atoms with E-state index in [0.717, 1.165) is 28.6 Å². The number of piperidine rings is 1. The van der Waals surface area contributed by atoms with E-state index in [1.54, 1.807) is 7.11 Å². The Morgan fingerprint density at radius 1 is 1.33 bits per heavy atom. The molecule has 2 aromatic rings. The number of rotatable bonds is 6. The Balaban J connectivity index is 1.61. The molecule has 0 saturated carbocycles. The van der Waals surface area contributed by atoms with Crippen LogP contribution < -0.4 is 10.1 Å². The monoisotopic (exact) mass is 406 g/mol. The summed E-state index contributed by atoms with van der Waals surface area (Å²) in [5, 5.41) is 12.2. The van der Waals surface area contributed by atoms with Gasteiger partial charge in [-0.2, -0.15) is 0 Å². The Kier molecular flexibility index (Phi) is 6.59. The van der Waals surface area contributed by atoms with Gasteiger partial charge in [-0.1, -0.05) is 29.2 Å². The van der Waals surface area contributed by atoms with E-state index in [2.05, 4.69) is 34.3 Å². The third kappa shape index (κ3) is 4.93. The third-order valence-electron chi connectivity index (χ3n) is 4.80. The fourth-order valence-electron chi connectivity index (χ4n) is 3.40. The van der Waals surface area contributed by atoms with Gasteiger partial charge in [0, 0.05) is 23.8 Å². The van der Waals surface area contributed by atoms with Crippen LogP contribution in [0.15, 0.2) is 28.6 Å². The molecule has 0 aliphatic carbocycles. The second-order valence-electron chi connectivity index (χ2n) is 6.86. The number of carbonyl (C=O) groups is 1. The van der Waals surface area contributed by atoms with Crippen molar-refractivity contribution < 1.29 is 9.53 Å². The first-order valence-corrected chi connectivity index (χ1v) is 10.9. The first kappa shape index (κ1) is 19.9. The minimum Gasteiger partial charge on any atom is -0.497 e. The van der Waals surface area contributed by atoms with E-state index in [1.807, 2.05) is 31.2 Å². The molecular weight excluding hydrogens is 380 g/mol. The zero-order valence-electron chi connectivity index (χ0n) is 16.1. The van der Waals surface area contributed by atoms with E-state index < -0.39 is 0 Å². The Labute approximate surface area is 168 Å². The molecule has 1 aliphatic rings. The molecule has 3 atom stereocenters. The van der Waals surface area contributed by atoms with Crippen molar-refractivity contribution >= 4 is 39.8 Å². The minimum atomic E-state index is -0.175. The third-order valence-corrected chi connectivity index (χ3v) is 6.81. The average Bonchev–Trinajstić information content (AvgIpc) is 3.08. The number of benzene rings is 1. The first-order chi connectivity index (χ1) is 13.0. The Morgan fingerprint density at radius 2 is 2.07 bits per heavy atom. The van der Waals surface area contributed by atoms with Gasteiger partial charge >= 0.3 is 0 Å². The highest BCUT2D eigenvalue weighted by atomic mass is 32.2. The maximum Gasteiger partial charge on any atom is 0.236 e. The van der Waals surface area contributed by atoms with Crippen LogP contribution in [-0.2, 0) is 4.79 Å². The minimum absolute atomic E-state index is 0.175. The highest BCUT2D eigenvalue weighted by molar-refractivity contribution is 8.02. The molecule has 1 saturated heterocycles. The van der Waals surface area contributed by atoms with E-state index in [-0.39, 0.29) is 11.2 Å². The van der Waals surface area contributed by atoms with Crippen molar-refractivity contribution in [2.24, 2.45) is 0 Å². The number of amides is 1. The standard InChI is InChI=1S/C19H26N4O2S2/c1-12-7-5-8-13(2)23(12)17(24)14(3)26-19-22-21-18(27-19)20-15-9-6-10-16(11-15)25-4/h6,9-14H,5,7-8H2,1-4H3,(H,20,21)/t12-,13+,14-/m1/s1. The lowest BCUT2D eigenvalue weighted by Gasteiger charge is -2.40. The van der Waals surface area contributed by atoms with Gasteiger partial charge in [-0.05, 0) is 52.2 Å². The van der Waals surface area contributed by atoms with Gasteiger partial charge in [0.15, 0.2) is 4.34 Å². The molecule has 0 radical (unpaired) electrons. The van der Waals surface area contributed by atoms with Gasteiger partial charge in [0.2, 0.25) is 11.0 Å². The number of anilines is 2. The second kappa shape index (κ2) is 8.93. The maximum absolute atomic E-state index is 12.9. The van der Waals surface area contributed by atoms with Crippen LogP contribution in [0.25, 0.3) is 0 Å². The number of carbonyl (C=O) groups excluding carboxylic acids is 1. The number of aromatic nitrogens is 2. The number of nitrogens with one attached hydrogen (secondary N) is 1. The van der Waals surface area contributed by atoms with Crippen LogP contribution in [0, 0.1) is 0 Å². The summed E-state index contributed by atoms with van der Waals surface area (Å²) >= 11 is 2.93. The van der Waals surface area contributed by atoms with Gasteiger partial charge in [-0.15, -0.1) is 10.2 Å². The molecular formula is C19H26N4O2S2. The van der Waals surface area contributed by atoms with Crippen LogP contribution in [0.3, 0.4) is 0 Å². The van der Waals surface area contributed by atoms with E-state index >= 15 is 0 Å². The Hall–Kier alpha value is -1.80. The molecule has 3 rings (SSSR count). The molecule has 2 heterocycles. The van der Waals surface area contributed by atoms with Gasteiger partial charge in [-0.3, -0.25) is 4.79 Å². The number of hydrogen-bond acceptors (Lipinski definition) is 7. The summed E-state index contributed by atoms with van der Waals surface area (Å²) < 4.78 is 6.02. The first-order valence-electron chi connectivity index (χ1n) is 9.21. The van der Waals surface area contributed by atoms with Crippen molar-refractivity contribution in [1.29, 1.82) is 0 Å². The van der Waals surface area contributed by atoms with Gasteiger partial charge in [-0.25, -0.2) is 0 Å². The molecule has 0 spiro atoms. The molecule has 1 aliphatic heterocycles. The maximum atomic E-state index is 12.9. The number of methoxy groups -OCH3 is 1.